The van der Waals surface area contributed by atoms with E-state index >= 15 is 0 Å². The summed E-state index contributed by atoms with van der Waals surface area (Å²) in [5.41, 5.74) is 0.183. The molecule has 1 aromatic carbocycles. The molecule has 1 fully saturated rings. The van der Waals surface area contributed by atoms with E-state index in [1.54, 1.807) is 17.0 Å². The van der Waals surface area contributed by atoms with Gasteiger partial charge in [-0.1, -0.05) is 42.1 Å². The van der Waals surface area contributed by atoms with Crippen LogP contribution in [0, 0.1) is 0 Å². The summed E-state index contributed by atoms with van der Waals surface area (Å²) < 4.78 is 5.51. The van der Waals surface area contributed by atoms with Gasteiger partial charge in [0.1, 0.15) is 0 Å². The number of aliphatic hydroxyl groups excluding tert-OH is 2. The van der Waals surface area contributed by atoms with E-state index in [4.69, 9.17) is 4.74 Å². The smallest absolute Gasteiger partial charge is 0.219 e. The fourth-order valence-corrected chi connectivity index (χ4v) is 3.46. The van der Waals surface area contributed by atoms with Crippen molar-refractivity contribution in [3.8, 4) is 0 Å². The van der Waals surface area contributed by atoms with Crippen LogP contribution < -0.4 is 0 Å². The van der Waals surface area contributed by atoms with E-state index in [1.165, 1.54) is 11.8 Å². The Morgan fingerprint density at radius 3 is 2.57 bits per heavy atom. The number of hydrogen-bond donors (Lipinski definition) is 2. The Morgan fingerprint density at radius 1 is 1.35 bits per heavy atom. The first-order valence-electron chi connectivity index (χ1n) is 7.80. The number of thioether (sulfide) groups is 1. The Balaban J connectivity index is 1.88. The molecule has 5 nitrogen and oxygen atoms in total. The molecule has 0 bridgehead atoms. The van der Waals surface area contributed by atoms with Gasteiger partial charge in [0, 0.05) is 23.9 Å². The molecule has 0 aromatic heterocycles. The van der Waals surface area contributed by atoms with Gasteiger partial charge in [0.05, 0.1) is 11.7 Å². The third-order valence-electron chi connectivity index (χ3n) is 3.59. The van der Waals surface area contributed by atoms with Gasteiger partial charge in [-0.3, -0.25) is 9.69 Å². The van der Waals surface area contributed by atoms with Crippen LogP contribution in [0.4, 0.5) is 0 Å². The van der Waals surface area contributed by atoms with E-state index in [0.717, 1.165) is 0 Å². The second-order valence-corrected chi connectivity index (χ2v) is 7.93. The lowest BCUT2D eigenvalue weighted by molar-refractivity contribution is -0.246. The summed E-state index contributed by atoms with van der Waals surface area (Å²) in [6, 6.07) is 9.07. The summed E-state index contributed by atoms with van der Waals surface area (Å²) in [6.45, 7) is 6.47. The van der Waals surface area contributed by atoms with Gasteiger partial charge in [-0.25, -0.2) is 0 Å². The average molecular weight is 339 g/mol. The summed E-state index contributed by atoms with van der Waals surface area (Å²) in [7, 11) is 0. The fraction of sp³-hybridized carbons (Fsp3) is 0.588. The third-order valence-corrected chi connectivity index (χ3v) is 4.89. The molecule has 128 valence electrons. The van der Waals surface area contributed by atoms with Crippen LogP contribution in [0.2, 0.25) is 0 Å². The van der Waals surface area contributed by atoms with Crippen LogP contribution in [0.5, 0.6) is 0 Å². The van der Waals surface area contributed by atoms with Crippen molar-refractivity contribution in [3.05, 3.63) is 35.9 Å². The molecule has 1 heterocycles. The number of ether oxygens (including phenoxy) is 1. The van der Waals surface area contributed by atoms with Crippen LogP contribution in [0.1, 0.15) is 37.6 Å². The number of hydrogen-bond acceptors (Lipinski definition) is 6. The van der Waals surface area contributed by atoms with Crippen molar-refractivity contribution in [2.75, 3.05) is 13.1 Å². The number of carbonyl (C=O) groups is 1. The van der Waals surface area contributed by atoms with Crippen molar-refractivity contribution >= 4 is 16.9 Å². The SMILES string of the molecule is CC(C)(C)OC(O)N1CCC(SC(=O)c2ccccc2)C(O)C1. The molecule has 0 aliphatic carbocycles. The lowest BCUT2D eigenvalue weighted by Crippen LogP contribution is -2.52. The predicted molar refractivity (Wildman–Crippen MR) is 91.2 cm³/mol. The van der Waals surface area contributed by atoms with Crippen molar-refractivity contribution in [2.45, 2.75) is 50.6 Å². The molecule has 2 N–H and O–H groups in total. The van der Waals surface area contributed by atoms with Gasteiger partial charge >= 0.3 is 0 Å². The molecule has 0 radical (unpaired) electrons. The number of β-amino-alcohol motifs (C(OH)–C–C–N with tert-alkyl or cyclic N) is 1. The number of likely N-dealkylation sites (tertiary alicyclic amines) is 1. The number of piperidine rings is 1. The molecule has 0 spiro atoms. The zero-order valence-corrected chi connectivity index (χ0v) is 14.6. The monoisotopic (exact) mass is 339 g/mol. The molecular weight excluding hydrogens is 314 g/mol. The molecule has 0 saturated carbocycles. The first kappa shape index (κ1) is 18.4. The average Bonchev–Trinajstić information content (AvgIpc) is 2.48. The van der Waals surface area contributed by atoms with Gasteiger partial charge in [-0.15, -0.1) is 0 Å². The quantitative estimate of drug-likeness (QED) is 0.819. The molecule has 1 aliphatic heterocycles. The zero-order valence-electron chi connectivity index (χ0n) is 13.8. The highest BCUT2D eigenvalue weighted by Gasteiger charge is 2.34. The van der Waals surface area contributed by atoms with Crippen LogP contribution >= 0.6 is 11.8 Å². The van der Waals surface area contributed by atoms with E-state index in [2.05, 4.69) is 0 Å². The Hall–Kier alpha value is -0.920. The van der Waals surface area contributed by atoms with E-state index in [1.807, 2.05) is 39.0 Å². The van der Waals surface area contributed by atoms with E-state index in [9.17, 15) is 15.0 Å². The molecule has 1 saturated heterocycles. The number of nitrogens with zero attached hydrogens (tertiary/aromatic N) is 1. The molecule has 0 amide bonds. The Bertz CT molecular complexity index is 517. The zero-order chi connectivity index (χ0) is 17.0. The van der Waals surface area contributed by atoms with Gasteiger partial charge in [0.25, 0.3) is 0 Å². The predicted octanol–water partition coefficient (Wildman–Crippen LogP) is 2.09. The minimum absolute atomic E-state index is 0.0328. The van der Waals surface area contributed by atoms with E-state index < -0.39 is 18.1 Å². The summed E-state index contributed by atoms with van der Waals surface area (Å²) >= 11 is 1.17. The van der Waals surface area contributed by atoms with Crippen molar-refractivity contribution in [1.82, 2.24) is 4.90 Å². The summed E-state index contributed by atoms with van der Waals surface area (Å²) in [6.07, 6.45) is -1.10. The van der Waals surface area contributed by atoms with Gasteiger partial charge < -0.3 is 14.9 Å². The Kier molecular flexibility index (Phi) is 6.22. The third kappa shape index (κ3) is 5.58. The number of carbonyl (C=O) groups excluding carboxylic acids is 1. The first-order chi connectivity index (χ1) is 10.8. The highest BCUT2D eigenvalue weighted by atomic mass is 32.2. The van der Waals surface area contributed by atoms with Crippen LogP contribution in [-0.4, -0.2) is 56.7 Å². The van der Waals surface area contributed by atoms with Crippen LogP contribution in [0.25, 0.3) is 0 Å². The molecule has 3 atom stereocenters. The van der Waals surface area contributed by atoms with Crippen molar-refractivity contribution in [3.63, 3.8) is 0 Å². The molecular formula is C17H25NO4S. The van der Waals surface area contributed by atoms with Crippen LogP contribution in [0.15, 0.2) is 30.3 Å². The van der Waals surface area contributed by atoms with Gasteiger partial charge in [0.15, 0.2) is 0 Å². The summed E-state index contributed by atoms with van der Waals surface area (Å²) in [5.74, 6) is 0. The van der Waals surface area contributed by atoms with Gasteiger partial charge in [-0.2, -0.15) is 0 Å². The number of rotatable bonds is 4. The Labute approximate surface area is 141 Å². The minimum atomic E-state index is -1.04. The maximum absolute atomic E-state index is 12.2. The van der Waals surface area contributed by atoms with Gasteiger partial charge in [0.2, 0.25) is 11.5 Å². The highest BCUT2D eigenvalue weighted by Crippen LogP contribution is 2.28. The molecule has 3 unspecified atom stereocenters. The first-order valence-corrected chi connectivity index (χ1v) is 8.68. The van der Waals surface area contributed by atoms with Crippen LogP contribution in [-0.2, 0) is 4.74 Å². The molecule has 1 aliphatic rings. The highest BCUT2D eigenvalue weighted by molar-refractivity contribution is 8.14. The van der Waals surface area contributed by atoms with Gasteiger partial charge in [-0.05, 0) is 27.2 Å². The fourth-order valence-electron chi connectivity index (χ4n) is 2.44. The normalized spacial score (nSPS) is 24.4. The minimum Gasteiger partial charge on any atom is -0.391 e. The molecule has 2 rings (SSSR count). The second kappa shape index (κ2) is 7.77. The summed E-state index contributed by atoms with van der Waals surface area (Å²) in [4.78, 5) is 13.9. The lowest BCUT2D eigenvalue weighted by atomic mass is 10.1. The molecule has 1 aromatic rings. The van der Waals surface area contributed by atoms with Crippen molar-refractivity contribution in [2.24, 2.45) is 0 Å². The van der Waals surface area contributed by atoms with E-state index in [-0.39, 0.29) is 16.9 Å². The number of aliphatic hydroxyl groups is 2. The Morgan fingerprint density at radius 2 is 2.00 bits per heavy atom. The molecule has 23 heavy (non-hydrogen) atoms. The van der Waals surface area contributed by atoms with Crippen molar-refractivity contribution < 1.29 is 19.7 Å². The van der Waals surface area contributed by atoms with Crippen molar-refractivity contribution in [1.29, 1.82) is 0 Å². The largest absolute Gasteiger partial charge is 0.391 e. The maximum Gasteiger partial charge on any atom is 0.219 e. The maximum atomic E-state index is 12.2. The second-order valence-electron chi connectivity index (χ2n) is 6.72. The molecule has 6 heteroatoms. The summed E-state index contributed by atoms with van der Waals surface area (Å²) in [5, 5.41) is 20.2. The topological polar surface area (TPSA) is 70.0 Å². The number of benzene rings is 1. The van der Waals surface area contributed by atoms with Crippen LogP contribution in [0.3, 0.4) is 0 Å². The standard InChI is InChI=1S/C17H25NO4S/c1-17(2,3)22-16(21)18-10-9-14(13(19)11-18)23-15(20)12-7-5-4-6-8-12/h4-8,13-14,16,19,21H,9-11H2,1-3H3. The van der Waals surface area contributed by atoms with E-state index in [0.29, 0.717) is 18.5 Å². The lowest BCUT2D eigenvalue weighted by Gasteiger charge is -2.39.